The Morgan fingerprint density at radius 3 is 2.35 bits per heavy atom. The largest absolute Gasteiger partial charge is 0.248 e. The molecule has 1 nitrogen and oxygen atoms in total. The lowest BCUT2D eigenvalue weighted by molar-refractivity contribution is 1.15. The Bertz CT molecular complexity index is 575. The van der Waals surface area contributed by atoms with Crippen LogP contribution in [0.4, 0.5) is 0 Å². The summed E-state index contributed by atoms with van der Waals surface area (Å²) in [5.41, 5.74) is 3.26. The zero-order valence-electron chi connectivity index (χ0n) is 10.8. The first-order chi connectivity index (χ1) is 8.19. The molecule has 0 saturated carbocycles. The SMILES string of the molecule is C=C/C=c1/c(C)c(/C=C\C)c(C=C)n/c1=C/C. The molecule has 17 heavy (non-hydrogen) atoms. The Balaban J connectivity index is 3.88. The topological polar surface area (TPSA) is 12.9 Å². The molecule has 0 spiro atoms. The van der Waals surface area contributed by atoms with Gasteiger partial charge in [0.1, 0.15) is 0 Å². The lowest BCUT2D eigenvalue weighted by atomic mass is 10.0. The zero-order chi connectivity index (χ0) is 12.8. The predicted molar refractivity (Wildman–Crippen MR) is 77.8 cm³/mol. The third-order valence-electron chi connectivity index (χ3n) is 2.69. The maximum absolute atomic E-state index is 4.60. The fraction of sp³-hybridized carbons (Fsp3) is 0.188. The van der Waals surface area contributed by atoms with E-state index >= 15 is 0 Å². The third-order valence-corrected chi connectivity index (χ3v) is 2.69. The van der Waals surface area contributed by atoms with Crippen LogP contribution < -0.4 is 10.6 Å². The maximum Gasteiger partial charge on any atom is 0.0706 e. The van der Waals surface area contributed by atoms with Crippen molar-refractivity contribution in [3.05, 3.63) is 52.7 Å². The van der Waals surface area contributed by atoms with E-state index in [2.05, 4.69) is 31.1 Å². The first-order valence-corrected chi connectivity index (χ1v) is 5.74. The maximum atomic E-state index is 4.60. The smallest absolute Gasteiger partial charge is 0.0706 e. The Labute approximate surface area is 103 Å². The van der Waals surface area contributed by atoms with Crippen molar-refractivity contribution in [2.75, 3.05) is 0 Å². The highest BCUT2D eigenvalue weighted by molar-refractivity contribution is 5.65. The summed E-state index contributed by atoms with van der Waals surface area (Å²) in [5, 5.41) is 2.10. The van der Waals surface area contributed by atoms with Gasteiger partial charge < -0.3 is 0 Å². The van der Waals surface area contributed by atoms with Gasteiger partial charge in [0.05, 0.1) is 11.0 Å². The predicted octanol–water partition coefficient (Wildman–Crippen LogP) is 2.83. The molecular formula is C16H19N. The molecule has 1 heteroatoms. The van der Waals surface area contributed by atoms with Gasteiger partial charge in [0, 0.05) is 10.8 Å². The molecule has 88 valence electrons. The van der Waals surface area contributed by atoms with E-state index in [1.54, 1.807) is 12.2 Å². The van der Waals surface area contributed by atoms with Crippen molar-refractivity contribution in [1.29, 1.82) is 0 Å². The molecule has 0 bridgehead atoms. The van der Waals surface area contributed by atoms with Crippen LogP contribution in [-0.4, -0.2) is 4.98 Å². The molecular weight excluding hydrogens is 206 g/mol. The highest BCUT2D eigenvalue weighted by Gasteiger charge is 2.04. The molecule has 1 aromatic heterocycles. The van der Waals surface area contributed by atoms with Crippen molar-refractivity contribution in [2.45, 2.75) is 20.8 Å². The van der Waals surface area contributed by atoms with Gasteiger partial charge in [-0.2, -0.15) is 0 Å². The minimum absolute atomic E-state index is 0.926. The molecule has 1 rings (SSSR count). The van der Waals surface area contributed by atoms with E-state index in [0.717, 1.165) is 21.8 Å². The van der Waals surface area contributed by atoms with Gasteiger partial charge in [-0.1, -0.05) is 43.5 Å². The number of rotatable bonds is 3. The van der Waals surface area contributed by atoms with Gasteiger partial charge in [0.15, 0.2) is 0 Å². The van der Waals surface area contributed by atoms with Crippen LogP contribution in [0.5, 0.6) is 0 Å². The normalized spacial score (nSPS) is 13.4. The Kier molecular flexibility index (Phi) is 4.65. The van der Waals surface area contributed by atoms with Crippen LogP contribution >= 0.6 is 0 Å². The summed E-state index contributed by atoms with van der Waals surface area (Å²) in [7, 11) is 0. The summed E-state index contributed by atoms with van der Waals surface area (Å²) in [6.07, 6.45) is 11.7. The molecule has 0 saturated heterocycles. The van der Waals surface area contributed by atoms with E-state index in [1.807, 2.05) is 32.1 Å². The molecule has 1 aromatic rings. The van der Waals surface area contributed by atoms with Crippen molar-refractivity contribution in [1.82, 2.24) is 4.98 Å². The number of allylic oxidation sites excluding steroid dienone is 2. The second kappa shape index (κ2) is 6.00. The molecule has 1 heterocycles. The minimum Gasteiger partial charge on any atom is -0.248 e. The van der Waals surface area contributed by atoms with E-state index in [0.29, 0.717) is 0 Å². The highest BCUT2D eigenvalue weighted by atomic mass is 14.7. The van der Waals surface area contributed by atoms with Crippen molar-refractivity contribution >= 4 is 24.3 Å². The van der Waals surface area contributed by atoms with Gasteiger partial charge in [-0.25, -0.2) is 4.98 Å². The van der Waals surface area contributed by atoms with Crippen molar-refractivity contribution in [3.8, 4) is 0 Å². The van der Waals surface area contributed by atoms with E-state index in [-0.39, 0.29) is 0 Å². The molecule has 0 atom stereocenters. The molecule has 0 aliphatic heterocycles. The van der Waals surface area contributed by atoms with Crippen molar-refractivity contribution < 1.29 is 0 Å². The summed E-state index contributed by atoms with van der Waals surface area (Å²) in [6.45, 7) is 13.7. The number of pyridine rings is 1. The van der Waals surface area contributed by atoms with Crippen LogP contribution in [0.1, 0.15) is 30.7 Å². The third kappa shape index (κ3) is 2.62. The lowest BCUT2D eigenvalue weighted by Crippen LogP contribution is -2.32. The molecule has 0 aliphatic carbocycles. The number of aromatic nitrogens is 1. The van der Waals surface area contributed by atoms with Gasteiger partial charge in [-0.05, 0) is 32.4 Å². The van der Waals surface area contributed by atoms with Crippen molar-refractivity contribution in [3.63, 3.8) is 0 Å². The van der Waals surface area contributed by atoms with Crippen LogP contribution in [0.25, 0.3) is 24.3 Å². The number of hydrogen-bond acceptors (Lipinski definition) is 1. The van der Waals surface area contributed by atoms with Gasteiger partial charge in [0.25, 0.3) is 0 Å². The van der Waals surface area contributed by atoms with Gasteiger partial charge in [0.2, 0.25) is 0 Å². The summed E-state index contributed by atoms with van der Waals surface area (Å²) in [5.74, 6) is 0. The average Bonchev–Trinajstić information content (AvgIpc) is 2.34. The second-order valence-corrected chi connectivity index (χ2v) is 3.73. The summed E-state index contributed by atoms with van der Waals surface area (Å²) in [6, 6.07) is 0. The first kappa shape index (κ1) is 13.2. The molecule has 0 aliphatic rings. The Hall–Kier alpha value is -1.89. The standard InChI is InChI=1S/C16H19N/c1-6-10-13-12(5)14(11-7-2)16(9-4)17-15(13)8-3/h6-11H,1,4H2,2-3,5H3/b11-7-,13-10-,15-8+. The Morgan fingerprint density at radius 1 is 1.18 bits per heavy atom. The van der Waals surface area contributed by atoms with Gasteiger partial charge in [-0.3, -0.25) is 0 Å². The molecule has 0 fully saturated rings. The van der Waals surface area contributed by atoms with Crippen molar-refractivity contribution in [2.24, 2.45) is 0 Å². The van der Waals surface area contributed by atoms with Crippen LogP contribution in [0, 0.1) is 6.92 Å². The highest BCUT2D eigenvalue weighted by Crippen LogP contribution is 2.10. The Morgan fingerprint density at radius 2 is 1.88 bits per heavy atom. The summed E-state index contributed by atoms with van der Waals surface area (Å²) >= 11 is 0. The minimum atomic E-state index is 0.926. The lowest BCUT2D eigenvalue weighted by Gasteiger charge is -2.06. The fourth-order valence-corrected chi connectivity index (χ4v) is 1.86. The fourth-order valence-electron chi connectivity index (χ4n) is 1.86. The van der Waals surface area contributed by atoms with Crippen LogP contribution in [0.2, 0.25) is 0 Å². The van der Waals surface area contributed by atoms with E-state index in [9.17, 15) is 0 Å². The molecule has 0 aromatic carbocycles. The molecule has 0 radical (unpaired) electrons. The van der Waals surface area contributed by atoms with E-state index in [4.69, 9.17) is 0 Å². The van der Waals surface area contributed by atoms with Crippen LogP contribution in [0.15, 0.2) is 25.3 Å². The number of hydrogen-bond donors (Lipinski definition) is 0. The van der Waals surface area contributed by atoms with E-state index in [1.165, 1.54) is 5.56 Å². The van der Waals surface area contributed by atoms with Crippen LogP contribution in [0.3, 0.4) is 0 Å². The van der Waals surface area contributed by atoms with Crippen LogP contribution in [-0.2, 0) is 0 Å². The van der Waals surface area contributed by atoms with E-state index < -0.39 is 0 Å². The second-order valence-electron chi connectivity index (χ2n) is 3.73. The summed E-state index contributed by atoms with van der Waals surface area (Å²) in [4.78, 5) is 4.60. The van der Waals surface area contributed by atoms with Gasteiger partial charge >= 0.3 is 0 Å². The number of nitrogens with zero attached hydrogens (tertiary/aromatic N) is 1. The average molecular weight is 225 g/mol. The first-order valence-electron chi connectivity index (χ1n) is 5.74. The zero-order valence-corrected chi connectivity index (χ0v) is 10.8. The van der Waals surface area contributed by atoms with Gasteiger partial charge in [-0.15, -0.1) is 0 Å². The molecule has 0 N–H and O–H groups in total. The molecule has 0 unspecified atom stereocenters. The quantitative estimate of drug-likeness (QED) is 0.771. The monoisotopic (exact) mass is 225 g/mol. The molecule has 0 amide bonds. The summed E-state index contributed by atoms with van der Waals surface area (Å²) < 4.78 is 0.